The van der Waals surface area contributed by atoms with Crippen molar-refractivity contribution in [3.63, 3.8) is 0 Å². The fourth-order valence-electron chi connectivity index (χ4n) is 1.57. The van der Waals surface area contributed by atoms with Crippen molar-refractivity contribution in [1.82, 2.24) is 0 Å². The summed E-state index contributed by atoms with van der Waals surface area (Å²) in [6, 6.07) is 0. The molecule has 1 aliphatic carbocycles. The van der Waals surface area contributed by atoms with E-state index in [9.17, 15) is 0 Å². The van der Waals surface area contributed by atoms with Crippen LogP contribution in [-0.4, -0.2) is 14.4 Å². The van der Waals surface area contributed by atoms with Gasteiger partial charge >= 0.3 is 0 Å². The third-order valence-corrected chi connectivity index (χ3v) is 3.13. The molecule has 2 heteroatoms. The molecule has 0 saturated carbocycles. The molecule has 0 heterocycles. The Morgan fingerprint density at radius 3 is 2.58 bits per heavy atom. The molecule has 1 rings (SSSR count). The van der Waals surface area contributed by atoms with Crippen LogP contribution in [0.3, 0.4) is 0 Å². The molecule has 1 unspecified atom stereocenters. The molecule has 1 aliphatic rings. The van der Waals surface area contributed by atoms with Gasteiger partial charge in [0.1, 0.15) is 0 Å². The van der Waals surface area contributed by atoms with Crippen LogP contribution in [0.2, 0.25) is 19.6 Å². The van der Waals surface area contributed by atoms with Gasteiger partial charge in [-0.25, -0.2) is 0 Å². The van der Waals surface area contributed by atoms with Gasteiger partial charge in [-0.15, -0.1) is 0 Å². The molecule has 0 amide bonds. The minimum absolute atomic E-state index is 0.436. The lowest BCUT2D eigenvalue weighted by atomic mass is 9.98. The third-order valence-electron chi connectivity index (χ3n) is 2.14. The smallest absolute Gasteiger partial charge is 0.184 e. The molecule has 0 aromatic rings. The first-order valence-electron chi connectivity index (χ1n) is 4.83. The summed E-state index contributed by atoms with van der Waals surface area (Å²) in [5, 5.41) is 0. The highest BCUT2D eigenvalue weighted by molar-refractivity contribution is 6.69. The zero-order valence-corrected chi connectivity index (χ0v) is 9.68. The first kappa shape index (κ1) is 10.0. The van der Waals surface area contributed by atoms with E-state index in [2.05, 4.69) is 32.6 Å². The Kier molecular flexibility index (Phi) is 3.13. The lowest BCUT2D eigenvalue weighted by molar-refractivity contribution is 0.210. The Morgan fingerprint density at radius 1 is 1.42 bits per heavy atom. The fraction of sp³-hybridized carbons (Fsp3) is 0.800. The van der Waals surface area contributed by atoms with E-state index in [1.54, 1.807) is 0 Å². The molecule has 70 valence electrons. The Hall–Kier alpha value is -0.0831. The van der Waals surface area contributed by atoms with Gasteiger partial charge in [0.25, 0.3) is 0 Å². The third kappa shape index (κ3) is 3.11. The van der Waals surface area contributed by atoms with Gasteiger partial charge in [-0.1, -0.05) is 6.08 Å². The predicted molar refractivity (Wildman–Crippen MR) is 55.8 cm³/mol. The minimum Gasteiger partial charge on any atom is -0.411 e. The van der Waals surface area contributed by atoms with E-state index in [1.807, 2.05) is 0 Å². The van der Waals surface area contributed by atoms with Crippen molar-refractivity contribution >= 4 is 8.32 Å². The number of hydrogen-bond acceptors (Lipinski definition) is 1. The van der Waals surface area contributed by atoms with Gasteiger partial charge in [0.2, 0.25) is 0 Å². The molecule has 0 spiro atoms. The maximum atomic E-state index is 6.06. The summed E-state index contributed by atoms with van der Waals surface area (Å²) in [6.07, 6.45) is 6.54. The number of allylic oxidation sites excluding steroid dienone is 1. The van der Waals surface area contributed by atoms with E-state index < -0.39 is 8.32 Å². The highest BCUT2D eigenvalue weighted by atomic mass is 28.4. The second-order valence-corrected chi connectivity index (χ2v) is 9.06. The summed E-state index contributed by atoms with van der Waals surface area (Å²) in [5.74, 6) is 0. The van der Waals surface area contributed by atoms with Crippen LogP contribution in [0.5, 0.6) is 0 Å². The lowest BCUT2D eigenvalue weighted by Crippen LogP contribution is -2.33. The maximum Gasteiger partial charge on any atom is 0.184 e. The van der Waals surface area contributed by atoms with E-state index in [4.69, 9.17) is 4.43 Å². The first-order valence-corrected chi connectivity index (χ1v) is 8.24. The van der Waals surface area contributed by atoms with E-state index in [1.165, 1.54) is 24.8 Å². The van der Waals surface area contributed by atoms with Gasteiger partial charge in [0, 0.05) is 0 Å². The second-order valence-electron chi connectivity index (χ2n) is 4.60. The summed E-state index contributed by atoms with van der Waals surface area (Å²) in [6.45, 7) is 8.97. The molecule has 0 saturated heterocycles. The summed E-state index contributed by atoms with van der Waals surface area (Å²) < 4.78 is 6.06. The van der Waals surface area contributed by atoms with Gasteiger partial charge < -0.3 is 4.43 Å². The maximum absolute atomic E-state index is 6.06. The molecule has 0 N–H and O–H groups in total. The van der Waals surface area contributed by atoms with Crippen LogP contribution in [0.15, 0.2) is 11.6 Å². The van der Waals surface area contributed by atoms with Crippen LogP contribution in [0.1, 0.15) is 26.2 Å². The van der Waals surface area contributed by atoms with Crippen molar-refractivity contribution in [2.75, 3.05) is 0 Å². The number of hydrogen-bond donors (Lipinski definition) is 0. The van der Waals surface area contributed by atoms with Gasteiger partial charge in [-0.3, -0.25) is 0 Å². The average molecular weight is 184 g/mol. The van der Waals surface area contributed by atoms with E-state index >= 15 is 0 Å². The SMILES string of the molecule is CC1=CCCCC1O[Si](C)(C)C. The Balaban J connectivity index is 2.52. The van der Waals surface area contributed by atoms with Crippen molar-refractivity contribution in [2.45, 2.75) is 51.9 Å². The largest absolute Gasteiger partial charge is 0.411 e. The summed E-state index contributed by atoms with van der Waals surface area (Å²) in [4.78, 5) is 0. The molecule has 12 heavy (non-hydrogen) atoms. The molecule has 1 atom stereocenters. The lowest BCUT2D eigenvalue weighted by Gasteiger charge is -2.29. The van der Waals surface area contributed by atoms with Crippen molar-refractivity contribution < 1.29 is 4.43 Å². The van der Waals surface area contributed by atoms with Crippen LogP contribution >= 0.6 is 0 Å². The predicted octanol–water partition coefficient (Wildman–Crippen LogP) is 3.34. The molecule has 0 aromatic carbocycles. The summed E-state index contributed by atoms with van der Waals surface area (Å²) in [7, 11) is -1.33. The molecule has 0 aromatic heterocycles. The first-order chi connectivity index (χ1) is 5.49. The van der Waals surface area contributed by atoms with Crippen molar-refractivity contribution in [1.29, 1.82) is 0 Å². The van der Waals surface area contributed by atoms with Crippen LogP contribution in [0.25, 0.3) is 0 Å². The van der Waals surface area contributed by atoms with E-state index in [0.717, 1.165) is 0 Å². The van der Waals surface area contributed by atoms with Crippen molar-refractivity contribution in [3.8, 4) is 0 Å². The minimum atomic E-state index is -1.33. The van der Waals surface area contributed by atoms with Crippen molar-refractivity contribution in [2.24, 2.45) is 0 Å². The van der Waals surface area contributed by atoms with Gasteiger partial charge in [-0.2, -0.15) is 0 Å². The zero-order chi connectivity index (χ0) is 9.19. The van der Waals surface area contributed by atoms with Gasteiger partial charge in [-0.05, 0) is 51.4 Å². The Labute approximate surface area is 76.9 Å². The molecule has 0 fully saturated rings. The number of rotatable bonds is 2. The normalized spacial score (nSPS) is 25.3. The molecule has 0 aliphatic heterocycles. The van der Waals surface area contributed by atoms with E-state index in [-0.39, 0.29) is 0 Å². The zero-order valence-electron chi connectivity index (χ0n) is 8.68. The molecular formula is C10H20OSi. The van der Waals surface area contributed by atoms with Crippen LogP contribution < -0.4 is 0 Å². The Morgan fingerprint density at radius 2 is 2.08 bits per heavy atom. The monoisotopic (exact) mass is 184 g/mol. The second kappa shape index (κ2) is 3.75. The standard InChI is InChI=1S/C10H20OSi/c1-9-7-5-6-8-10(9)11-12(2,3)4/h7,10H,5-6,8H2,1-4H3. The quantitative estimate of drug-likeness (QED) is 0.472. The average Bonchev–Trinajstić information content (AvgIpc) is 1.91. The molecular weight excluding hydrogens is 164 g/mol. The fourth-order valence-corrected chi connectivity index (χ4v) is 2.73. The van der Waals surface area contributed by atoms with Crippen LogP contribution in [-0.2, 0) is 4.43 Å². The molecule has 1 nitrogen and oxygen atoms in total. The van der Waals surface area contributed by atoms with E-state index in [0.29, 0.717) is 6.10 Å². The van der Waals surface area contributed by atoms with Crippen LogP contribution in [0.4, 0.5) is 0 Å². The van der Waals surface area contributed by atoms with Gasteiger partial charge in [0.05, 0.1) is 6.10 Å². The molecule has 0 bridgehead atoms. The van der Waals surface area contributed by atoms with Gasteiger partial charge in [0.15, 0.2) is 8.32 Å². The summed E-state index contributed by atoms with van der Waals surface area (Å²) >= 11 is 0. The van der Waals surface area contributed by atoms with Crippen molar-refractivity contribution in [3.05, 3.63) is 11.6 Å². The highest BCUT2D eigenvalue weighted by Gasteiger charge is 2.23. The highest BCUT2D eigenvalue weighted by Crippen LogP contribution is 2.23. The molecule has 0 radical (unpaired) electrons. The van der Waals surface area contributed by atoms with Crippen LogP contribution in [0, 0.1) is 0 Å². The Bertz CT molecular complexity index is 179. The summed E-state index contributed by atoms with van der Waals surface area (Å²) in [5.41, 5.74) is 1.45. The topological polar surface area (TPSA) is 9.23 Å².